The Kier molecular flexibility index (Phi) is 3.01. The second kappa shape index (κ2) is 4.66. The zero-order valence-electron chi connectivity index (χ0n) is 9.99. The molecule has 0 radical (unpaired) electrons. The van der Waals surface area contributed by atoms with E-state index >= 15 is 0 Å². The summed E-state index contributed by atoms with van der Waals surface area (Å²) in [6.45, 7) is 3.07. The summed E-state index contributed by atoms with van der Waals surface area (Å²) in [4.78, 5) is 1.91. The van der Waals surface area contributed by atoms with E-state index in [9.17, 15) is 4.39 Å². The summed E-state index contributed by atoms with van der Waals surface area (Å²) in [6.07, 6.45) is -0.00161. The van der Waals surface area contributed by atoms with E-state index in [1.54, 1.807) is 6.07 Å². The van der Waals surface area contributed by atoms with Gasteiger partial charge in [0.25, 0.3) is 0 Å². The molecule has 1 aromatic rings. The fourth-order valence-corrected chi connectivity index (χ4v) is 2.41. The normalized spacial score (nSPS) is 23.3. The molecule has 0 bridgehead atoms. The Morgan fingerprint density at radius 2 is 2.28 bits per heavy atom. The van der Waals surface area contributed by atoms with Crippen molar-refractivity contribution in [1.29, 1.82) is 5.41 Å². The summed E-state index contributed by atoms with van der Waals surface area (Å²) in [5, 5.41) is 8.07. The molecule has 2 aliphatic heterocycles. The number of amidine groups is 1. The van der Waals surface area contributed by atoms with Gasteiger partial charge in [-0.15, -0.1) is 0 Å². The zero-order chi connectivity index (χ0) is 12.5. The van der Waals surface area contributed by atoms with Gasteiger partial charge in [-0.2, -0.15) is 0 Å². The van der Waals surface area contributed by atoms with Crippen molar-refractivity contribution in [3.8, 4) is 0 Å². The number of hydrogen-bond acceptors (Lipinski definition) is 3. The third kappa shape index (κ3) is 2.11. The Labute approximate surface area is 105 Å². The van der Waals surface area contributed by atoms with Crippen molar-refractivity contribution in [3.05, 3.63) is 35.1 Å². The van der Waals surface area contributed by atoms with Crippen LogP contribution in [-0.2, 0) is 16.0 Å². The molecule has 3 rings (SSSR count). The minimum atomic E-state index is -0.294. The lowest BCUT2D eigenvalue weighted by Crippen LogP contribution is -2.40. The standard InChI is InChI=1S/C13H15FN2O2/c14-10-2-1-9-6-16(13(15)12(9)5-10)7-11-8-17-3-4-18-11/h1-2,5,11,15H,3-4,6-8H2. The van der Waals surface area contributed by atoms with Crippen LogP contribution in [0.15, 0.2) is 18.2 Å². The van der Waals surface area contributed by atoms with E-state index in [4.69, 9.17) is 14.9 Å². The van der Waals surface area contributed by atoms with Crippen molar-refractivity contribution in [2.24, 2.45) is 0 Å². The van der Waals surface area contributed by atoms with E-state index in [2.05, 4.69) is 0 Å². The van der Waals surface area contributed by atoms with Crippen LogP contribution in [0.3, 0.4) is 0 Å². The van der Waals surface area contributed by atoms with Gasteiger partial charge in [0.05, 0.1) is 25.9 Å². The molecule has 18 heavy (non-hydrogen) atoms. The molecular formula is C13H15FN2O2. The van der Waals surface area contributed by atoms with Crippen LogP contribution in [-0.4, -0.2) is 43.2 Å². The van der Waals surface area contributed by atoms with Crippen molar-refractivity contribution in [2.45, 2.75) is 12.6 Å². The van der Waals surface area contributed by atoms with Crippen LogP contribution < -0.4 is 0 Å². The van der Waals surface area contributed by atoms with E-state index in [1.807, 2.05) is 4.90 Å². The van der Waals surface area contributed by atoms with E-state index in [-0.39, 0.29) is 11.9 Å². The van der Waals surface area contributed by atoms with Crippen molar-refractivity contribution in [3.63, 3.8) is 0 Å². The molecule has 0 aromatic heterocycles. The molecule has 0 spiro atoms. The van der Waals surface area contributed by atoms with Crippen molar-refractivity contribution in [2.75, 3.05) is 26.4 Å². The highest BCUT2D eigenvalue weighted by Crippen LogP contribution is 2.24. The van der Waals surface area contributed by atoms with Gasteiger partial charge in [0.15, 0.2) is 0 Å². The summed E-state index contributed by atoms with van der Waals surface area (Å²) in [7, 11) is 0. The van der Waals surface area contributed by atoms with E-state index < -0.39 is 0 Å². The summed E-state index contributed by atoms with van der Waals surface area (Å²) in [6, 6.07) is 4.61. The SMILES string of the molecule is N=C1c2cc(F)ccc2CN1CC1COCCO1. The first kappa shape index (κ1) is 11.6. The Morgan fingerprint density at radius 3 is 3.06 bits per heavy atom. The maximum atomic E-state index is 13.2. The number of nitrogens with one attached hydrogen (secondary N) is 1. The van der Waals surface area contributed by atoms with Crippen molar-refractivity contribution >= 4 is 5.84 Å². The minimum absolute atomic E-state index is 0.00161. The fourth-order valence-electron chi connectivity index (χ4n) is 2.41. The smallest absolute Gasteiger partial charge is 0.128 e. The average molecular weight is 250 g/mol. The number of nitrogens with zero attached hydrogens (tertiary/aromatic N) is 1. The Morgan fingerprint density at radius 1 is 1.39 bits per heavy atom. The molecule has 1 N–H and O–H groups in total. The Balaban J connectivity index is 1.71. The quantitative estimate of drug-likeness (QED) is 0.862. The van der Waals surface area contributed by atoms with Crippen LogP contribution in [0.5, 0.6) is 0 Å². The second-order valence-corrected chi connectivity index (χ2v) is 4.60. The maximum absolute atomic E-state index is 13.2. The van der Waals surface area contributed by atoms with Gasteiger partial charge >= 0.3 is 0 Å². The monoisotopic (exact) mass is 250 g/mol. The highest BCUT2D eigenvalue weighted by molar-refractivity contribution is 6.00. The zero-order valence-corrected chi connectivity index (χ0v) is 9.99. The molecule has 4 nitrogen and oxygen atoms in total. The molecule has 96 valence electrons. The lowest BCUT2D eigenvalue weighted by Gasteiger charge is -2.28. The predicted octanol–water partition coefficient (Wildman–Crippen LogP) is 1.38. The largest absolute Gasteiger partial charge is 0.376 e. The molecule has 2 aliphatic rings. The molecule has 1 unspecified atom stereocenters. The second-order valence-electron chi connectivity index (χ2n) is 4.60. The van der Waals surface area contributed by atoms with Crippen LogP contribution >= 0.6 is 0 Å². The maximum Gasteiger partial charge on any atom is 0.128 e. The van der Waals surface area contributed by atoms with Crippen molar-refractivity contribution < 1.29 is 13.9 Å². The summed E-state index contributed by atoms with van der Waals surface area (Å²) in [5.74, 6) is 0.0799. The van der Waals surface area contributed by atoms with Gasteiger partial charge in [0.1, 0.15) is 11.7 Å². The third-order valence-electron chi connectivity index (χ3n) is 3.31. The van der Waals surface area contributed by atoms with Crippen LogP contribution in [0, 0.1) is 11.2 Å². The number of rotatable bonds is 2. The summed E-state index contributed by atoms with van der Waals surface area (Å²) in [5.41, 5.74) is 1.69. The number of hydrogen-bond donors (Lipinski definition) is 1. The predicted molar refractivity (Wildman–Crippen MR) is 64.2 cm³/mol. The number of ether oxygens (including phenoxy) is 2. The molecule has 0 amide bonds. The molecule has 5 heteroatoms. The summed E-state index contributed by atoms with van der Waals surface area (Å²) >= 11 is 0. The topological polar surface area (TPSA) is 45.6 Å². The molecule has 1 fully saturated rings. The molecule has 0 aliphatic carbocycles. The highest BCUT2D eigenvalue weighted by atomic mass is 19.1. The lowest BCUT2D eigenvalue weighted by atomic mass is 10.1. The number of fused-ring (bicyclic) bond motifs is 1. The third-order valence-corrected chi connectivity index (χ3v) is 3.31. The molecule has 0 saturated carbocycles. The van der Waals surface area contributed by atoms with Gasteiger partial charge in [-0.1, -0.05) is 6.07 Å². The van der Waals surface area contributed by atoms with Gasteiger partial charge in [-0.25, -0.2) is 4.39 Å². The van der Waals surface area contributed by atoms with Gasteiger partial charge in [0, 0.05) is 18.7 Å². The molecule has 1 aromatic carbocycles. The Bertz CT molecular complexity index is 472. The Hall–Kier alpha value is -1.46. The van der Waals surface area contributed by atoms with Crippen LogP contribution in [0.2, 0.25) is 0 Å². The molecule has 1 saturated heterocycles. The molecule has 2 heterocycles. The van der Waals surface area contributed by atoms with Gasteiger partial charge in [-0.3, -0.25) is 5.41 Å². The first-order chi connectivity index (χ1) is 8.74. The fraction of sp³-hybridized carbons (Fsp3) is 0.462. The van der Waals surface area contributed by atoms with E-state index in [0.717, 1.165) is 5.56 Å². The van der Waals surface area contributed by atoms with Gasteiger partial charge in [0.2, 0.25) is 0 Å². The number of benzene rings is 1. The first-order valence-corrected chi connectivity index (χ1v) is 6.05. The van der Waals surface area contributed by atoms with Gasteiger partial charge in [-0.05, 0) is 17.7 Å². The first-order valence-electron chi connectivity index (χ1n) is 6.05. The summed E-state index contributed by atoms with van der Waals surface area (Å²) < 4.78 is 24.1. The van der Waals surface area contributed by atoms with Crippen LogP contribution in [0.25, 0.3) is 0 Å². The van der Waals surface area contributed by atoms with Crippen LogP contribution in [0.1, 0.15) is 11.1 Å². The van der Waals surface area contributed by atoms with Crippen molar-refractivity contribution in [1.82, 2.24) is 4.90 Å². The van der Waals surface area contributed by atoms with Gasteiger partial charge < -0.3 is 14.4 Å². The lowest BCUT2D eigenvalue weighted by molar-refractivity contribution is -0.0930. The highest BCUT2D eigenvalue weighted by Gasteiger charge is 2.27. The molecular weight excluding hydrogens is 235 g/mol. The minimum Gasteiger partial charge on any atom is -0.376 e. The number of halogens is 1. The van der Waals surface area contributed by atoms with E-state index in [1.165, 1.54) is 12.1 Å². The average Bonchev–Trinajstić information content (AvgIpc) is 2.68. The molecule has 1 atom stereocenters. The van der Waals surface area contributed by atoms with E-state index in [0.29, 0.717) is 44.3 Å². The van der Waals surface area contributed by atoms with Crippen LogP contribution in [0.4, 0.5) is 4.39 Å².